The minimum atomic E-state index is -0.324. The molecule has 3 rings (SSSR count). The van der Waals surface area contributed by atoms with Gasteiger partial charge in [-0.25, -0.2) is 14.4 Å². The molecule has 2 N–H and O–H groups in total. The molecule has 0 spiro atoms. The molecule has 1 heterocycles. The van der Waals surface area contributed by atoms with Crippen LogP contribution in [0, 0.1) is 12.7 Å². The largest absolute Gasteiger partial charge is 0.324 e. The quantitative estimate of drug-likeness (QED) is 0.712. The molecule has 0 saturated carbocycles. The van der Waals surface area contributed by atoms with Crippen molar-refractivity contribution in [2.75, 3.05) is 10.6 Å². The van der Waals surface area contributed by atoms with Gasteiger partial charge in [0.05, 0.1) is 0 Å². The fraction of sp³-hybridized carbons (Fsp3) is 0.150. The summed E-state index contributed by atoms with van der Waals surface area (Å²) in [5, 5.41) is 5.81. The van der Waals surface area contributed by atoms with Crippen LogP contribution in [0.3, 0.4) is 0 Å². The van der Waals surface area contributed by atoms with E-state index in [1.165, 1.54) is 17.7 Å². The van der Waals surface area contributed by atoms with E-state index in [0.717, 1.165) is 6.42 Å². The van der Waals surface area contributed by atoms with Gasteiger partial charge >= 0.3 is 0 Å². The third-order valence-electron chi connectivity index (χ3n) is 3.81. The maximum absolute atomic E-state index is 13.0. The number of nitrogens with zero attached hydrogens (tertiary/aromatic N) is 2. The summed E-state index contributed by atoms with van der Waals surface area (Å²) in [6.45, 7) is 3.86. The molecule has 0 aliphatic rings. The highest BCUT2D eigenvalue weighted by Gasteiger charge is 2.11. The first-order chi connectivity index (χ1) is 12.5. The number of rotatable bonds is 5. The predicted octanol–water partition coefficient (Wildman–Crippen LogP) is 4.48. The van der Waals surface area contributed by atoms with E-state index in [1.54, 1.807) is 25.1 Å². The smallest absolute Gasteiger partial charge is 0.274 e. The summed E-state index contributed by atoms with van der Waals surface area (Å²) in [7, 11) is 0. The van der Waals surface area contributed by atoms with Crippen LogP contribution in [0.5, 0.6) is 0 Å². The van der Waals surface area contributed by atoms with Crippen LogP contribution in [-0.4, -0.2) is 15.9 Å². The van der Waals surface area contributed by atoms with Crippen LogP contribution in [0.15, 0.2) is 54.6 Å². The first kappa shape index (κ1) is 17.5. The third kappa shape index (κ3) is 4.42. The van der Waals surface area contributed by atoms with Crippen molar-refractivity contribution in [3.8, 4) is 0 Å². The van der Waals surface area contributed by atoms with Gasteiger partial charge in [0.15, 0.2) is 0 Å². The van der Waals surface area contributed by atoms with Gasteiger partial charge in [0.2, 0.25) is 5.95 Å². The molecule has 0 fully saturated rings. The van der Waals surface area contributed by atoms with Crippen LogP contribution in [0.1, 0.15) is 28.7 Å². The molecule has 0 unspecified atom stereocenters. The Kier molecular flexibility index (Phi) is 5.22. The summed E-state index contributed by atoms with van der Waals surface area (Å²) >= 11 is 0. The van der Waals surface area contributed by atoms with E-state index >= 15 is 0 Å². The molecule has 6 heteroatoms. The van der Waals surface area contributed by atoms with Gasteiger partial charge in [-0.3, -0.25) is 4.79 Å². The number of anilines is 3. The second-order valence-corrected chi connectivity index (χ2v) is 5.85. The van der Waals surface area contributed by atoms with Gasteiger partial charge in [0, 0.05) is 17.1 Å². The standard InChI is InChI=1S/C20H19FN4O/c1-3-14-4-8-16(9-5-14)23-19(26)18-12-13(2)22-20(25-18)24-17-10-6-15(21)7-11-17/h4-12H,3H2,1-2H3,(H,23,26)(H,22,24,25). The number of hydrogen-bond donors (Lipinski definition) is 2. The zero-order valence-corrected chi connectivity index (χ0v) is 14.6. The summed E-state index contributed by atoms with van der Waals surface area (Å²) in [5.41, 5.74) is 3.44. The van der Waals surface area contributed by atoms with Crippen molar-refractivity contribution in [1.29, 1.82) is 0 Å². The Morgan fingerprint density at radius 2 is 1.65 bits per heavy atom. The van der Waals surface area contributed by atoms with Crippen LogP contribution in [0.2, 0.25) is 0 Å². The molecule has 1 aromatic heterocycles. The van der Waals surface area contributed by atoms with E-state index in [0.29, 0.717) is 17.1 Å². The zero-order chi connectivity index (χ0) is 18.5. The molecule has 0 aliphatic heterocycles. The number of amides is 1. The van der Waals surface area contributed by atoms with Crippen LogP contribution in [0.4, 0.5) is 21.7 Å². The van der Waals surface area contributed by atoms with E-state index in [9.17, 15) is 9.18 Å². The second-order valence-electron chi connectivity index (χ2n) is 5.85. The summed E-state index contributed by atoms with van der Waals surface area (Å²) in [4.78, 5) is 21.0. The Morgan fingerprint density at radius 3 is 2.31 bits per heavy atom. The predicted molar refractivity (Wildman–Crippen MR) is 100 cm³/mol. The molecular weight excluding hydrogens is 331 g/mol. The molecule has 0 bridgehead atoms. The maximum Gasteiger partial charge on any atom is 0.274 e. The lowest BCUT2D eigenvalue weighted by Gasteiger charge is -2.09. The van der Waals surface area contributed by atoms with E-state index in [1.807, 2.05) is 24.3 Å². The second kappa shape index (κ2) is 7.74. The van der Waals surface area contributed by atoms with Gasteiger partial charge in [0.25, 0.3) is 5.91 Å². The average Bonchev–Trinajstić information content (AvgIpc) is 2.64. The normalized spacial score (nSPS) is 10.4. The molecule has 0 atom stereocenters. The van der Waals surface area contributed by atoms with Crippen molar-refractivity contribution in [1.82, 2.24) is 9.97 Å². The molecule has 0 radical (unpaired) electrons. The Balaban J connectivity index is 1.77. The molecule has 5 nitrogen and oxygen atoms in total. The Morgan fingerprint density at radius 1 is 1.00 bits per heavy atom. The molecule has 3 aromatic rings. The molecule has 0 aliphatic carbocycles. The summed E-state index contributed by atoms with van der Waals surface area (Å²) in [6.07, 6.45) is 0.942. The third-order valence-corrected chi connectivity index (χ3v) is 3.81. The summed E-state index contributed by atoms with van der Waals surface area (Å²) in [5.74, 6) is -0.361. The molecular formula is C20H19FN4O. The highest BCUT2D eigenvalue weighted by Crippen LogP contribution is 2.16. The number of aromatic nitrogens is 2. The van der Waals surface area contributed by atoms with Crippen molar-refractivity contribution in [2.45, 2.75) is 20.3 Å². The maximum atomic E-state index is 13.0. The summed E-state index contributed by atoms with van der Waals surface area (Å²) in [6, 6.07) is 15.1. The average molecular weight is 350 g/mol. The van der Waals surface area contributed by atoms with Gasteiger partial charge in [-0.1, -0.05) is 19.1 Å². The number of halogens is 1. The Hall–Kier alpha value is -3.28. The number of nitrogens with one attached hydrogen (secondary N) is 2. The Bertz CT molecular complexity index is 908. The van der Waals surface area contributed by atoms with Crippen molar-refractivity contribution >= 4 is 23.2 Å². The first-order valence-corrected chi connectivity index (χ1v) is 8.32. The molecule has 1 amide bonds. The van der Waals surface area contributed by atoms with Crippen molar-refractivity contribution in [2.24, 2.45) is 0 Å². The van der Waals surface area contributed by atoms with Gasteiger partial charge in [-0.05, 0) is 61.4 Å². The van der Waals surface area contributed by atoms with Gasteiger partial charge in [-0.15, -0.1) is 0 Å². The minimum absolute atomic E-state index is 0.252. The number of aryl methyl sites for hydroxylation is 2. The van der Waals surface area contributed by atoms with E-state index < -0.39 is 0 Å². The van der Waals surface area contributed by atoms with Crippen molar-refractivity contribution < 1.29 is 9.18 Å². The number of hydrogen-bond acceptors (Lipinski definition) is 4. The molecule has 0 saturated heterocycles. The number of benzene rings is 2. The van der Waals surface area contributed by atoms with Gasteiger partial charge in [-0.2, -0.15) is 0 Å². The fourth-order valence-corrected chi connectivity index (χ4v) is 2.42. The van der Waals surface area contributed by atoms with E-state index in [4.69, 9.17) is 0 Å². The summed E-state index contributed by atoms with van der Waals surface area (Å²) < 4.78 is 13.0. The molecule has 2 aromatic carbocycles. The lowest BCUT2D eigenvalue weighted by atomic mass is 10.1. The molecule has 132 valence electrons. The lowest BCUT2D eigenvalue weighted by molar-refractivity contribution is 0.102. The molecule has 26 heavy (non-hydrogen) atoms. The van der Waals surface area contributed by atoms with Crippen molar-refractivity contribution in [3.05, 3.63) is 77.4 Å². The Labute approximate surface area is 151 Å². The topological polar surface area (TPSA) is 66.9 Å². The van der Waals surface area contributed by atoms with Gasteiger partial charge < -0.3 is 10.6 Å². The SMILES string of the molecule is CCc1ccc(NC(=O)c2cc(C)nc(Nc3ccc(F)cc3)n2)cc1. The first-order valence-electron chi connectivity index (χ1n) is 8.32. The van der Waals surface area contributed by atoms with Crippen LogP contribution < -0.4 is 10.6 Å². The number of carbonyl (C=O) groups is 1. The minimum Gasteiger partial charge on any atom is -0.324 e. The lowest BCUT2D eigenvalue weighted by Crippen LogP contribution is -2.15. The van der Waals surface area contributed by atoms with E-state index in [-0.39, 0.29) is 23.4 Å². The van der Waals surface area contributed by atoms with Crippen LogP contribution in [0.25, 0.3) is 0 Å². The van der Waals surface area contributed by atoms with Crippen LogP contribution >= 0.6 is 0 Å². The number of carbonyl (C=O) groups excluding carboxylic acids is 1. The highest BCUT2D eigenvalue weighted by atomic mass is 19.1. The van der Waals surface area contributed by atoms with E-state index in [2.05, 4.69) is 27.5 Å². The fourth-order valence-electron chi connectivity index (χ4n) is 2.42. The van der Waals surface area contributed by atoms with Crippen LogP contribution in [-0.2, 0) is 6.42 Å². The van der Waals surface area contributed by atoms with Gasteiger partial charge in [0.1, 0.15) is 11.5 Å². The van der Waals surface area contributed by atoms with Crippen molar-refractivity contribution in [3.63, 3.8) is 0 Å². The monoisotopic (exact) mass is 350 g/mol. The highest BCUT2D eigenvalue weighted by molar-refractivity contribution is 6.03. The zero-order valence-electron chi connectivity index (χ0n) is 14.6.